The minimum absolute atomic E-state index is 0. The van der Waals surface area contributed by atoms with E-state index in [2.05, 4.69) is 32.2 Å². The first kappa shape index (κ1) is 21.6. The van der Waals surface area contributed by atoms with E-state index in [0.29, 0.717) is 11.7 Å². The van der Waals surface area contributed by atoms with E-state index in [9.17, 15) is 4.79 Å². The van der Waals surface area contributed by atoms with Gasteiger partial charge in [0, 0.05) is 11.4 Å². The Bertz CT molecular complexity index is 469. The van der Waals surface area contributed by atoms with Crippen molar-refractivity contribution < 1.29 is 4.79 Å². The molecule has 0 radical (unpaired) electrons. The van der Waals surface area contributed by atoms with Crippen LogP contribution in [0.1, 0.15) is 31.4 Å². The first-order valence-corrected chi connectivity index (χ1v) is 9.65. The van der Waals surface area contributed by atoms with Crippen molar-refractivity contribution in [1.82, 2.24) is 0 Å². The fourth-order valence-corrected chi connectivity index (χ4v) is 3.15. The van der Waals surface area contributed by atoms with Gasteiger partial charge in [-0.05, 0) is 47.8 Å². The zero-order valence-corrected chi connectivity index (χ0v) is 16.2. The minimum atomic E-state index is -0.439. The summed E-state index contributed by atoms with van der Waals surface area (Å²) in [7, 11) is 0. The molecule has 0 fully saturated rings. The van der Waals surface area contributed by atoms with Crippen molar-refractivity contribution in [3.8, 4) is 0 Å². The Morgan fingerprint density at radius 3 is 2.64 bits per heavy atom. The van der Waals surface area contributed by atoms with Crippen LogP contribution in [0.25, 0.3) is 0 Å². The molecule has 0 aliphatic heterocycles. The second kappa shape index (κ2) is 11.2. The van der Waals surface area contributed by atoms with Gasteiger partial charge >= 0.3 is 0 Å². The molecule has 1 amide bonds. The number of halogens is 1. The standard InChI is InChI=1S/C16H26N2OS2.ClH/c1-11(2)21-10-13-6-5-7-15(12(13)3)18-16(19)14(17)8-9-20-4;/h5-7,11,14H,8-10,17H2,1-4H3,(H,18,19);1H/t14-;/m0./s1. The van der Waals surface area contributed by atoms with Crippen LogP contribution in [-0.4, -0.2) is 29.2 Å². The summed E-state index contributed by atoms with van der Waals surface area (Å²) in [4.78, 5) is 12.1. The van der Waals surface area contributed by atoms with Crippen LogP contribution in [0.3, 0.4) is 0 Å². The first-order chi connectivity index (χ1) is 9.95. The highest BCUT2D eigenvalue weighted by Gasteiger charge is 2.14. The van der Waals surface area contributed by atoms with E-state index in [4.69, 9.17) is 5.73 Å². The number of hydrogen-bond acceptors (Lipinski definition) is 4. The summed E-state index contributed by atoms with van der Waals surface area (Å²) in [6.45, 7) is 6.44. The van der Waals surface area contributed by atoms with E-state index >= 15 is 0 Å². The number of nitrogens with two attached hydrogens (primary N) is 1. The molecule has 3 nitrogen and oxygen atoms in total. The molecule has 22 heavy (non-hydrogen) atoms. The van der Waals surface area contributed by atoms with Crippen molar-refractivity contribution in [2.45, 2.75) is 44.2 Å². The number of rotatable bonds is 8. The van der Waals surface area contributed by atoms with Crippen molar-refractivity contribution in [2.24, 2.45) is 5.73 Å². The molecule has 1 rings (SSSR count). The Morgan fingerprint density at radius 1 is 1.36 bits per heavy atom. The summed E-state index contributed by atoms with van der Waals surface area (Å²) in [5.74, 6) is 1.77. The molecule has 1 aromatic carbocycles. The minimum Gasteiger partial charge on any atom is -0.324 e. The highest BCUT2D eigenvalue weighted by Crippen LogP contribution is 2.25. The zero-order chi connectivity index (χ0) is 15.8. The molecule has 1 aromatic rings. The summed E-state index contributed by atoms with van der Waals surface area (Å²) < 4.78 is 0. The van der Waals surface area contributed by atoms with Crippen LogP contribution >= 0.6 is 35.9 Å². The lowest BCUT2D eigenvalue weighted by molar-refractivity contribution is -0.117. The smallest absolute Gasteiger partial charge is 0.241 e. The first-order valence-electron chi connectivity index (χ1n) is 7.21. The molecule has 1 atom stereocenters. The largest absolute Gasteiger partial charge is 0.324 e. The molecule has 0 aliphatic carbocycles. The highest BCUT2D eigenvalue weighted by atomic mass is 35.5. The molecule has 0 spiro atoms. The quantitative estimate of drug-likeness (QED) is 0.731. The zero-order valence-electron chi connectivity index (χ0n) is 13.7. The van der Waals surface area contributed by atoms with Crippen molar-refractivity contribution >= 4 is 47.5 Å². The summed E-state index contributed by atoms with van der Waals surface area (Å²) in [6, 6.07) is 5.61. The Hall–Kier alpha value is -0.360. The van der Waals surface area contributed by atoms with Crippen molar-refractivity contribution in [1.29, 1.82) is 0 Å². The normalized spacial score (nSPS) is 11.9. The Labute approximate surface area is 149 Å². The predicted molar refractivity (Wildman–Crippen MR) is 104 cm³/mol. The van der Waals surface area contributed by atoms with E-state index in [1.807, 2.05) is 30.2 Å². The van der Waals surface area contributed by atoms with E-state index in [-0.39, 0.29) is 18.3 Å². The molecule has 0 bridgehead atoms. The van der Waals surface area contributed by atoms with Gasteiger partial charge in [-0.1, -0.05) is 26.0 Å². The second-order valence-electron chi connectivity index (χ2n) is 5.33. The molecule has 3 N–H and O–H groups in total. The van der Waals surface area contributed by atoms with Crippen LogP contribution in [0.4, 0.5) is 5.69 Å². The van der Waals surface area contributed by atoms with Gasteiger partial charge in [0.05, 0.1) is 6.04 Å². The number of anilines is 1. The van der Waals surface area contributed by atoms with Crippen molar-refractivity contribution in [3.05, 3.63) is 29.3 Å². The number of carbonyl (C=O) groups excluding carboxylic acids is 1. The molecule has 0 heterocycles. The van der Waals surface area contributed by atoms with Crippen LogP contribution in [-0.2, 0) is 10.5 Å². The summed E-state index contributed by atoms with van der Waals surface area (Å²) >= 11 is 3.61. The molecule has 0 saturated heterocycles. The van der Waals surface area contributed by atoms with Gasteiger partial charge in [0.1, 0.15) is 0 Å². The van der Waals surface area contributed by atoms with Gasteiger partial charge < -0.3 is 11.1 Å². The van der Waals surface area contributed by atoms with Crippen LogP contribution < -0.4 is 11.1 Å². The fraction of sp³-hybridized carbons (Fsp3) is 0.562. The number of thioether (sulfide) groups is 2. The number of amides is 1. The van der Waals surface area contributed by atoms with Gasteiger partial charge in [-0.2, -0.15) is 23.5 Å². The number of carbonyl (C=O) groups is 1. The van der Waals surface area contributed by atoms with E-state index in [1.54, 1.807) is 11.8 Å². The van der Waals surface area contributed by atoms with Crippen LogP contribution in [0.15, 0.2) is 18.2 Å². The van der Waals surface area contributed by atoms with Gasteiger partial charge in [-0.3, -0.25) is 4.79 Å². The van der Waals surface area contributed by atoms with Crippen LogP contribution in [0.2, 0.25) is 0 Å². The van der Waals surface area contributed by atoms with Gasteiger partial charge in [0.25, 0.3) is 0 Å². The Kier molecular flexibility index (Phi) is 11.0. The average Bonchev–Trinajstić information content (AvgIpc) is 2.45. The number of nitrogens with one attached hydrogen (secondary N) is 1. The predicted octanol–water partition coefficient (Wildman–Crippen LogP) is 4.08. The van der Waals surface area contributed by atoms with Crippen molar-refractivity contribution in [2.75, 3.05) is 17.3 Å². The molecule has 0 unspecified atom stereocenters. The average molecular weight is 363 g/mol. The van der Waals surface area contributed by atoms with Crippen LogP contribution in [0.5, 0.6) is 0 Å². The third-order valence-corrected chi connectivity index (χ3v) is 5.03. The van der Waals surface area contributed by atoms with Crippen molar-refractivity contribution in [3.63, 3.8) is 0 Å². The molecule has 126 valence electrons. The van der Waals surface area contributed by atoms with Gasteiger partial charge in [-0.25, -0.2) is 0 Å². The van der Waals surface area contributed by atoms with Gasteiger partial charge in [0.15, 0.2) is 0 Å². The molecular weight excluding hydrogens is 336 g/mol. The maximum Gasteiger partial charge on any atom is 0.241 e. The lowest BCUT2D eigenvalue weighted by Crippen LogP contribution is -2.36. The third kappa shape index (κ3) is 7.27. The van der Waals surface area contributed by atoms with E-state index < -0.39 is 6.04 Å². The summed E-state index contributed by atoms with van der Waals surface area (Å²) in [5, 5.41) is 3.56. The molecule has 0 aromatic heterocycles. The topological polar surface area (TPSA) is 55.1 Å². The van der Waals surface area contributed by atoms with Gasteiger partial charge in [0.2, 0.25) is 5.91 Å². The lowest BCUT2D eigenvalue weighted by atomic mass is 10.1. The Balaban J connectivity index is 0.00000441. The monoisotopic (exact) mass is 362 g/mol. The Morgan fingerprint density at radius 2 is 2.05 bits per heavy atom. The SMILES string of the molecule is CSCC[C@H](N)C(=O)Nc1cccc(CSC(C)C)c1C.Cl. The maximum absolute atomic E-state index is 12.1. The molecular formula is C16H27ClN2OS2. The number of hydrogen-bond donors (Lipinski definition) is 2. The molecule has 0 aliphatic rings. The van der Waals surface area contributed by atoms with E-state index in [0.717, 1.165) is 22.8 Å². The third-order valence-electron chi connectivity index (χ3n) is 3.25. The second-order valence-corrected chi connectivity index (χ2v) is 7.88. The molecule has 0 saturated carbocycles. The van der Waals surface area contributed by atoms with E-state index in [1.165, 1.54) is 5.56 Å². The van der Waals surface area contributed by atoms with Crippen LogP contribution in [0, 0.1) is 6.92 Å². The maximum atomic E-state index is 12.1. The fourth-order valence-electron chi connectivity index (χ4n) is 1.83. The lowest BCUT2D eigenvalue weighted by Gasteiger charge is -2.16. The summed E-state index contributed by atoms with van der Waals surface area (Å²) in [6.07, 6.45) is 2.72. The number of benzene rings is 1. The van der Waals surface area contributed by atoms with Gasteiger partial charge in [-0.15, -0.1) is 12.4 Å². The molecule has 6 heteroatoms. The summed E-state index contributed by atoms with van der Waals surface area (Å²) in [5.41, 5.74) is 9.19. The highest BCUT2D eigenvalue weighted by molar-refractivity contribution is 7.99.